The molecule has 0 aromatic rings. The van der Waals surface area contributed by atoms with Crippen LogP contribution in [0.25, 0.3) is 0 Å². The molecule has 0 spiro atoms. The molecule has 1 fully saturated rings. The highest BCUT2D eigenvalue weighted by Crippen LogP contribution is 2.17. The fourth-order valence-electron chi connectivity index (χ4n) is 2.04. The third-order valence-electron chi connectivity index (χ3n) is 3.27. The molecule has 1 heterocycles. The van der Waals surface area contributed by atoms with Crippen molar-refractivity contribution in [3.8, 4) is 0 Å². The molecular weight excluding hydrogens is 290 g/mol. The molecule has 0 bridgehead atoms. The van der Waals surface area contributed by atoms with Gasteiger partial charge in [0.2, 0.25) is 15.9 Å². The van der Waals surface area contributed by atoms with Gasteiger partial charge in [-0.2, -0.15) is 4.31 Å². The normalized spacial score (nSPS) is 26.4. The Bertz CT molecular complexity index is 413. The largest absolute Gasteiger partial charge is 0.348 e. The summed E-state index contributed by atoms with van der Waals surface area (Å²) >= 11 is 0. The summed E-state index contributed by atoms with van der Waals surface area (Å²) in [7, 11) is -0.451. The van der Waals surface area contributed by atoms with Crippen molar-refractivity contribution in [2.45, 2.75) is 38.1 Å². The van der Waals surface area contributed by atoms with Gasteiger partial charge in [-0.25, -0.2) is 8.42 Å². The van der Waals surface area contributed by atoms with E-state index in [1.54, 1.807) is 14.1 Å². The SMILES string of the molecule is CC1CN(S(=O)(=O)C(C)C(=O)N(C)C)C(C)CN1.Cl. The molecule has 0 aromatic carbocycles. The van der Waals surface area contributed by atoms with Gasteiger partial charge in [0, 0.05) is 39.3 Å². The summed E-state index contributed by atoms with van der Waals surface area (Å²) in [4.78, 5) is 13.1. The predicted molar refractivity (Wildman–Crippen MR) is 78.0 cm³/mol. The number of carbonyl (C=O) groups is 1. The molecule has 3 atom stereocenters. The van der Waals surface area contributed by atoms with Crippen LogP contribution in [0.15, 0.2) is 0 Å². The van der Waals surface area contributed by atoms with Gasteiger partial charge < -0.3 is 10.2 Å². The maximum absolute atomic E-state index is 12.4. The van der Waals surface area contributed by atoms with Crippen LogP contribution in [0.4, 0.5) is 0 Å². The molecule has 1 amide bonds. The Morgan fingerprint density at radius 2 is 1.89 bits per heavy atom. The van der Waals surface area contributed by atoms with Gasteiger partial charge in [-0.15, -0.1) is 12.4 Å². The van der Waals surface area contributed by atoms with Crippen LogP contribution < -0.4 is 5.32 Å². The lowest BCUT2D eigenvalue weighted by Gasteiger charge is -2.37. The molecule has 0 aromatic heterocycles. The van der Waals surface area contributed by atoms with Crippen molar-refractivity contribution in [2.75, 3.05) is 27.2 Å². The summed E-state index contributed by atoms with van der Waals surface area (Å²) in [5, 5.41) is 2.20. The van der Waals surface area contributed by atoms with Crippen LogP contribution in [0, 0.1) is 0 Å². The van der Waals surface area contributed by atoms with Crippen LogP contribution in [-0.4, -0.2) is 68.0 Å². The Kier molecular flexibility index (Phi) is 6.74. The van der Waals surface area contributed by atoms with Gasteiger partial charge in [-0.05, 0) is 20.8 Å². The second kappa shape index (κ2) is 6.88. The molecule has 1 saturated heterocycles. The van der Waals surface area contributed by atoms with Gasteiger partial charge in [0.15, 0.2) is 5.25 Å². The molecule has 6 nitrogen and oxygen atoms in total. The van der Waals surface area contributed by atoms with Crippen LogP contribution in [0.3, 0.4) is 0 Å². The fourth-order valence-corrected chi connectivity index (χ4v) is 3.92. The molecule has 1 aliphatic rings. The Morgan fingerprint density at radius 1 is 1.37 bits per heavy atom. The summed E-state index contributed by atoms with van der Waals surface area (Å²) in [5.41, 5.74) is 0. The number of hydrogen-bond acceptors (Lipinski definition) is 4. The summed E-state index contributed by atoms with van der Waals surface area (Å²) in [6.07, 6.45) is 0. The zero-order valence-corrected chi connectivity index (χ0v) is 13.7. The van der Waals surface area contributed by atoms with Crippen LogP contribution >= 0.6 is 12.4 Å². The molecule has 3 unspecified atom stereocenters. The highest BCUT2D eigenvalue weighted by molar-refractivity contribution is 7.90. The molecule has 1 N–H and O–H groups in total. The van der Waals surface area contributed by atoms with Crippen molar-refractivity contribution in [3.63, 3.8) is 0 Å². The van der Waals surface area contributed by atoms with Crippen molar-refractivity contribution < 1.29 is 13.2 Å². The molecule has 0 saturated carbocycles. The number of amides is 1. The number of nitrogens with one attached hydrogen (secondary N) is 1. The monoisotopic (exact) mass is 313 g/mol. The number of piperazine rings is 1. The maximum Gasteiger partial charge on any atom is 0.241 e. The summed E-state index contributed by atoms with van der Waals surface area (Å²) in [6, 6.07) is -0.0127. The average molecular weight is 314 g/mol. The molecule has 114 valence electrons. The first-order valence-corrected chi connectivity index (χ1v) is 7.63. The fraction of sp³-hybridized carbons (Fsp3) is 0.909. The van der Waals surface area contributed by atoms with Crippen LogP contribution in [-0.2, 0) is 14.8 Å². The van der Waals surface area contributed by atoms with Crippen molar-refractivity contribution in [2.24, 2.45) is 0 Å². The van der Waals surface area contributed by atoms with Crippen molar-refractivity contribution in [1.82, 2.24) is 14.5 Å². The Hall–Kier alpha value is -0.370. The van der Waals surface area contributed by atoms with E-state index in [2.05, 4.69) is 5.32 Å². The van der Waals surface area contributed by atoms with Crippen LogP contribution in [0.5, 0.6) is 0 Å². The molecule has 8 heteroatoms. The Balaban J connectivity index is 0.00000324. The number of sulfonamides is 1. The molecule has 0 aliphatic carbocycles. The predicted octanol–water partition coefficient (Wildman–Crippen LogP) is -0.103. The van der Waals surface area contributed by atoms with E-state index in [1.807, 2.05) is 13.8 Å². The number of carbonyl (C=O) groups excluding carboxylic acids is 1. The van der Waals surface area contributed by atoms with Crippen molar-refractivity contribution in [3.05, 3.63) is 0 Å². The first kappa shape index (κ1) is 18.6. The first-order chi connectivity index (χ1) is 8.17. The van der Waals surface area contributed by atoms with E-state index in [0.29, 0.717) is 13.1 Å². The van der Waals surface area contributed by atoms with Crippen molar-refractivity contribution in [1.29, 1.82) is 0 Å². The topological polar surface area (TPSA) is 69.7 Å². The van der Waals surface area contributed by atoms with Gasteiger partial charge in [0.25, 0.3) is 0 Å². The zero-order chi connectivity index (χ0) is 14.1. The molecule has 19 heavy (non-hydrogen) atoms. The third kappa shape index (κ3) is 4.05. The van der Waals surface area contributed by atoms with Crippen molar-refractivity contribution >= 4 is 28.3 Å². The number of hydrogen-bond donors (Lipinski definition) is 1. The van der Waals surface area contributed by atoms with E-state index in [4.69, 9.17) is 0 Å². The molecule has 1 rings (SSSR count). The smallest absolute Gasteiger partial charge is 0.241 e. The highest BCUT2D eigenvalue weighted by Gasteiger charge is 2.39. The van der Waals surface area contributed by atoms with E-state index < -0.39 is 15.3 Å². The minimum absolute atomic E-state index is 0. The minimum Gasteiger partial charge on any atom is -0.348 e. The average Bonchev–Trinajstić information content (AvgIpc) is 2.29. The zero-order valence-electron chi connectivity index (χ0n) is 12.1. The van der Waals surface area contributed by atoms with Crippen LogP contribution in [0.2, 0.25) is 0 Å². The number of rotatable bonds is 3. The quantitative estimate of drug-likeness (QED) is 0.790. The maximum atomic E-state index is 12.4. The van der Waals surface area contributed by atoms with E-state index >= 15 is 0 Å². The lowest BCUT2D eigenvalue weighted by molar-refractivity contribution is -0.128. The molecule has 0 radical (unpaired) electrons. The number of halogens is 1. The van der Waals surface area contributed by atoms with Gasteiger partial charge in [-0.1, -0.05) is 0 Å². The van der Waals surface area contributed by atoms with Gasteiger partial charge in [0.05, 0.1) is 0 Å². The van der Waals surface area contributed by atoms with E-state index in [1.165, 1.54) is 16.1 Å². The van der Waals surface area contributed by atoms with E-state index in [-0.39, 0.29) is 30.4 Å². The molecule has 1 aliphatic heterocycles. The summed E-state index contributed by atoms with van der Waals surface area (Å²) < 4.78 is 26.3. The lowest BCUT2D eigenvalue weighted by Crippen LogP contribution is -2.59. The summed E-state index contributed by atoms with van der Waals surface area (Å²) in [5.74, 6) is -0.381. The summed E-state index contributed by atoms with van der Waals surface area (Å²) in [6.45, 7) is 6.27. The third-order valence-corrected chi connectivity index (χ3v) is 5.53. The van der Waals surface area contributed by atoms with Crippen LogP contribution in [0.1, 0.15) is 20.8 Å². The Labute approximate surface area is 122 Å². The first-order valence-electron chi connectivity index (χ1n) is 6.13. The minimum atomic E-state index is -3.59. The highest BCUT2D eigenvalue weighted by atomic mass is 35.5. The molecular formula is C11H24ClN3O3S. The van der Waals surface area contributed by atoms with Gasteiger partial charge in [-0.3, -0.25) is 4.79 Å². The Morgan fingerprint density at radius 3 is 2.37 bits per heavy atom. The standard InChI is InChI=1S/C11H23N3O3S.ClH/c1-8-7-14(9(2)6-12-8)18(16,17)10(3)11(15)13(4)5;/h8-10,12H,6-7H2,1-5H3;1H. The second-order valence-electron chi connectivity index (χ2n) is 5.15. The van der Waals surface area contributed by atoms with Gasteiger partial charge >= 0.3 is 0 Å². The second-order valence-corrected chi connectivity index (χ2v) is 7.35. The lowest BCUT2D eigenvalue weighted by atomic mass is 10.2. The number of nitrogens with zero attached hydrogens (tertiary/aromatic N) is 2. The van der Waals surface area contributed by atoms with E-state index in [9.17, 15) is 13.2 Å². The van der Waals surface area contributed by atoms with Gasteiger partial charge in [0.1, 0.15) is 0 Å². The van der Waals surface area contributed by atoms with E-state index in [0.717, 1.165) is 0 Å².